The Hall–Kier alpha value is -2.00. The highest BCUT2D eigenvalue weighted by Crippen LogP contribution is 2.19. The number of aryl methyl sites for hydroxylation is 2. The lowest BCUT2D eigenvalue weighted by atomic mass is 10.1. The molecule has 0 aliphatic heterocycles. The fraction of sp³-hybridized carbons (Fsp3) is 0.235. The van der Waals surface area contributed by atoms with Crippen molar-refractivity contribution in [2.24, 2.45) is 0 Å². The topological polar surface area (TPSA) is 38.3 Å². The predicted molar refractivity (Wildman–Crippen MR) is 86.1 cm³/mol. The van der Waals surface area contributed by atoms with Gasteiger partial charge >= 0.3 is 0 Å². The minimum atomic E-state index is -0.592. The lowest BCUT2D eigenvalue weighted by Crippen LogP contribution is -2.30. The van der Waals surface area contributed by atoms with E-state index in [4.69, 9.17) is 16.3 Å². The predicted octanol–water partition coefficient (Wildman–Crippen LogP) is 4.36. The van der Waals surface area contributed by atoms with Gasteiger partial charge in [0.05, 0.1) is 0 Å². The van der Waals surface area contributed by atoms with Gasteiger partial charge < -0.3 is 10.1 Å². The van der Waals surface area contributed by atoms with Gasteiger partial charge in [-0.15, -0.1) is 0 Å². The van der Waals surface area contributed by atoms with Crippen molar-refractivity contribution < 1.29 is 9.53 Å². The minimum absolute atomic E-state index is 0.182. The number of benzene rings is 2. The molecule has 0 saturated heterocycles. The summed E-state index contributed by atoms with van der Waals surface area (Å²) in [5, 5.41) is 3.53. The summed E-state index contributed by atoms with van der Waals surface area (Å²) in [6.45, 7) is 5.66. The number of amides is 1. The average Bonchev–Trinajstić information content (AvgIpc) is 2.45. The maximum atomic E-state index is 12.2. The molecule has 0 fully saturated rings. The summed E-state index contributed by atoms with van der Waals surface area (Å²) >= 11 is 5.82. The Labute approximate surface area is 129 Å². The van der Waals surface area contributed by atoms with Crippen molar-refractivity contribution in [1.82, 2.24) is 0 Å². The van der Waals surface area contributed by atoms with E-state index in [1.54, 1.807) is 31.2 Å². The molecule has 2 aromatic carbocycles. The van der Waals surface area contributed by atoms with E-state index >= 15 is 0 Å². The summed E-state index contributed by atoms with van der Waals surface area (Å²) < 4.78 is 5.60. The molecule has 0 heterocycles. The third kappa shape index (κ3) is 4.23. The Kier molecular flexibility index (Phi) is 4.86. The fourth-order valence-corrected chi connectivity index (χ4v) is 2.00. The molecule has 1 atom stereocenters. The average molecular weight is 304 g/mol. The summed E-state index contributed by atoms with van der Waals surface area (Å²) in [4.78, 5) is 12.2. The second-order valence-electron chi connectivity index (χ2n) is 5.02. The molecular weight excluding hydrogens is 286 g/mol. The Morgan fingerprint density at radius 2 is 1.81 bits per heavy atom. The molecule has 1 amide bonds. The van der Waals surface area contributed by atoms with E-state index in [0.29, 0.717) is 10.8 Å². The Bertz CT molecular complexity index is 638. The van der Waals surface area contributed by atoms with E-state index in [1.165, 1.54) is 0 Å². The lowest BCUT2D eigenvalue weighted by Gasteiger charge is -2.16. The monoisotopic (exact) mass is 303 g/mol. The molecule has 3 nitrogen and oxygen atoms in total. The Balaban J connectivity index is 2.02. The zero-order valence-electron chi connectivity index (χ0n) is 12.3. The molecule has 0 aliphatic carbocycles. The van der Waals surface area contributed by atoms with Gasteiger partial charge in [-0.25, -0.2) is 0 Å². The first kappa shape index (κ1) is 15.4. The van der Waals surface area contributed by atoms with Crippen LogP contribution in [0.3, 0.4) is 0 Å². The molecule has 110 valence electrons. The van der Waals surface area contributed by atoms with Gasteiger partial charge in [0.25, 0.3) is 5.91 Å². The number of hydrogen-bond acceptors (Lipinski definition) is 2. The van der Waals surface area contributed by atoms with Crippen molar-refractivity contribution in [3.63, 3.8) is 0 Å². The molecule has 21 heavy (non-hydrogen) atoms. The molecule has 0 radical (unpaired) electrons. The third-order valence-electron chi connectivity index (χ3n) is 3.15. The van der Waals surface area contributed by atoms with Gasteiger partial charge in [-0.2, -0.15) is 0 Å². The van der Waals surface area contributed by atoms with E-state index in [2.05, 4.69) is 5.32 Å². The van der Waals surface area contributed by atoms with Gasteiger partial charge in [0.15, 0.2) is 6.10 Å². The van der Waals surface area contributed by atoms with Gasteiger partial charge in [-0.3, -0.25) is 4.79 Å². The zero-order valence-corrected chi connectivity index (χ0v) is 13.1. The standard InChI is InChI=1S/C17H18ClNO2/c1-11-4-5-12(2)16(10-11)19-17(20)13(3)21-15-8-6-14(18)7-9-15/h4-10,13H,1-3H3,(H,19,20). The number of carbonyl (C=O) groups excluding carboxylic acids is 1. The van der Waals surface area contributed by atoms with Crippen LogP contribution in [0, 0.1) is 13.8 Å². The van der Waals surface area contributed by atoms with Crippen LogP contribution in [0.1, 0.15) is 18.1 Å². The first-order valence-electron chi connectivity index (χ1n) is 6.76. The van der Waals surface area contributed by atoms with E-state index in [1.807, 2.05) is 32.0 Å². The maximum Gasteiger partial charge on any atom is 0.265 e. The molecule has 0 aromatic heterocycles. The van der Waals surface area contributed by atoms with Crippen LogP contribution in [0.4, 0.5) is 5.69 Å². The molecule has 0 saturated carbocycles. The maximum absolute atomic E-state index is 12.2. The number of halogens is 1. The molecule has 1 unspecified atom stereocenters. The van der Waals surface area contributed by atoms with Crippen molar-refractivity contribution >= 4 is 23.2 Å². The van der Waals surface area contributed by atoms with Crippen LogP contribution in [0.25, 0.3) is 0 Å². The van der Waals surface area contributed by atoms with Crippen LogP contribution in [-0.2, 0) is 4.79 Å². The Morgan fingerprint density at radius 1 is 1.14 bits per heavy atom. The summed E-state index contributed by atoms with van der Waals surface area (Å²) in [6, 6.07) is 12.9. The van der Waals surface area contributed by atoms with Crippen molar-refractivity contribution in [2.75, 3.05) is 5.32 Å². The van der Waals surface area contributed by atoms with Crippen LogP contribution >= 0.6 is 11.6 Å². The smallest absolute Gasteiger partial charge is 0.265 e. The number of nitrogens with one attached hydrogen (secondary N) is 1. The number of rotatable bonds is 4. The van der Waals surface area contributed by atoms with Gasteiger partial charge in [-0.1, -0.05) is 23.7 Å². The van der Waals surface area contributed by atoms with Crippen molar-refractivity contribution in [3.05, 3.63) is 58.6 Å². The zero-order chi connectivity index (χ0) is 15.4. The summed E-state index contributed by atoms with van der Waals surface area (Å²) in [7, 11) is 0. The van der Waals surface area contributed by atoms with E-state index < -0.39 is 6.10 Å². The highest BCUT2D eigenvalue weighted by atomic mass is 35.5. The van der Waals surface area contributed by atoms with E-state index in [9.17, 15) is 4.79 Å². The normalized spacial score (nSPS) is 11.8. The molecule has 2 aromatic rings. The minimum Gasteiger partial charge on any atom is -0.481 e. The highest BCUT2D eigenvalue weighted by Gasteiger charge is 2.15. The van der Waals surface area contributed by atoms with Crippen LogP contribution in [0.2, 0.25) is 5.02 Å². The number of carbonyl (C=O) groups is 1. The molecular formula is C17H18ClNO2. The van der Waals surface area contributed by atoms with Crippen LogP contribution in [0.15, 0.2) is 42.5 Å². The lowest BCUT2D eigenvalue weighted by molar-refractivity contribution is -0.122. The first-order valence-corrected chi connectivity index (χ1v) is 7.14. The summed E-state index contributed by atoms with van der Waals surface area (Å²) in [5.41, 5.74) is 2.93. The van der Waals surface area contributed by atoms with Gasteiger partial charge in [0, 0.05) is 10.7 Å². The van der Waals surface area contributed by atoms with Crippen LogP contribution < -0.4 is 10.1 Å². The number of hydrogen-bond donors (Lipinski definition) is 1. The van der Waals surface area contributed by atoms with Crippen molar-refractivity contribution in [3.8, 4) is 5.75 Å². The third-order valence-corrected chi connectivity index (χ3v) is 3.40. The molecule has 0 spiro atoms. The highest BCUT2D eigenvalue weighted by molar-refractivity contribution is 6.30. The molecule has 2 rings (SSSR count). The SMILES string of the molecule is Cc1ccc(C)c(NC(=O)C(C)Oc2ccc(Cl)cc2)c1. The number of anilines is 1. The van der Waals surface area contributed by atoms with Gasteiger partial charge in [0.1, 0.15) is 5.75 Å². The second kappa shape index (κ2) is 6.64. The Morgan fingerprint density at radius 3 is 2.48 bits per heavy atom. The van der Waals surface area contributed by atoms with Gasteiger partial charge in [-0.05, 0) is 62.2 Å². The molecule has 0 bridgehead atoms. The second-order valence-corrected chi connectivity index (χ2v) is 5.46. The molecule has 4 heteroatoms. The molecule has 1 N–H and O–H groups in total. The first-order chi connectivity index (χ1) is 9.95. The van der Waals surface area contributed by atoms with Crippen LogP contribution in [0.5, 0.6) is 5.75 Å². The summed E-state index contributed by atoms with van der Waals surface area (Å²) in [6.07, 6.45) is -0.592. The van der Waals surface area contributed by atoms with Gasteiger partial charge in [0.2, 0.25) is 0 Å². The van der Waals surface area contributed by atoms with E-state index in [-0.39, 0.29) is 5.91 Å². The van der Waals surface area contributed by atoms with Crippen molar-refractivity contribution in [2.45, 2.75) is 26.9 Å². The number of ether oxygens (including phenoxy) is 1. The van der Waals surface area contributed by atoms with E-state index in [0.717, 1.165) is 16.8 Å². The van der Waals surface area contributed by atoms with Crippen LogP contribution in [-0.4, -0.2) is 12.0 Å². The largest absolute Gasteiger partial charge is 0.481 e. The fourth-order valence-electron chi connectivity index (χ4n) is 1.88. The van der Waals surface area contributed by atoms with Crippen molar-refractivity contribution in [1.29, 1.82) is 0 Å². The summed E-state index contributed by atoms with van der Waals surface area (Å²) in [5.74, 6) is 0.432. The molecule has 0 aliphatic rings. The quantitative estimate of drug-likeness (QED) is 0.911.